The summed E-state index contributed by atoms with van der Waals surface area (Å²) in [4.78, 5) is 10.8. The number of benzene rings is 1. The van der Waals surface area contributed by atoms with Crippen molar-refractivity contribution in [2.45, 2.75) is 13.5 Å². The van der Waals surface area contributed by atoms with E-state index in [1.807, 2.05) is 0 Å². The first-order valence-corrected chi connectivity index (χ1v) is 5.36. The van der Waals surface area contributed by atoms with Crippen molar-refractivity contribution in [2.75, 3.05) is 20.3 Å². The minimum Gasteiger partial charge on any atom is -0.491 e. The van der Waals surface area contributed by atoms with Gasteiger partial charge in [0.05, 0.1) is 20.3 Å². The molecule has 1 rings (SSSR count). The fourth-order valence-corrected chi connectivity index (χ4v) is 1.31. The highest BCUT2D eigenvalue weighted by atomic mass is 19.1. The van der Waals surface area contributed by atoms with Crippen molar-refractivity contribution in [2.24, 2.45) is 0 Å². The lowest BCUT2D eigenvalue weighted by molar-refractivity contribution is -0.139. The van der Waals surface area contributed by atoms with Gasteiger partial charge >= 0.3 is 5.97 Å². The van der Waals surface area contributed by atoms with Crippen LogP contribution in [-0.4, -0.2) is 26.2 Å². The van der Waals surface area contributed by atoms with E-state index in [1.165, 1.54) is 13.2 Å². The molecular weight excluding hydrogens is 225 g/mol. The predicted octanol–water partition coefficient (Wildman–Crippen LogP) is 1.49. The molecule has 1 aromatic carbocycles. The number of carbonyl (C=O) groups is 1. The van der Waals surface area contributed by atoms with E-state index in [0.717, 1.165) is 5.56 Å². The highest BCUT2D eigenvalue weighted by Gasteiger charge is 2.04. The molecule has 94 valence electrons. The van der Waals surface area contributed by atoms with Crippen LogP contribution in [0.4, 0.5) is 4.39 Å². The van der Waals surface area contributed by atoms with Crippen molar-refractivity contribution in [3.05, 3.63) is 29.6 Å². The van der Waals surface area contributed by atoms with Crippen molar-refractivity contribution >= 4 is 5.97 Å². The summed E-state index contributed by atoms with van der Waals surface area (Å²) in [5.74, 6) is -0.509. The van der Waals surface area contributed by atoms with Gasteiger partial charge in [0.15, 0.2) is 11.6 Å². The number of ether oxygens (including phenoxy) is 2. The molecule has 0 aliphatic rings. The zero-order chi connectivity index (χ0) is 12.7. The average Bonchev–Trinajstić information content (AvgIpc) is 2.32. The molecule has 0 aliphatic carbocycles. The van der Waals surface area contributed by atoms with Crippen LogP contribution in [0.1, 0.15) is 12.5 Å². The Morgan fingerprint density at radius 2 is 2.24 bits per heavy atom. The third-order valence-corrected chi connectivity index (χ3v) is 2.12. The molecule has 0 aromatic heterocycles. The third kappa shape index (κ3) is 4.40. The van der Waals surface area contributed by atoms with Crippen molar-refractivity contribution in [1.82, 2.24) is 5.32 Å². The van der Waals surface area contributed by atoms with Gasteiger partial charge in [-0.25, -0.2) is 4.39 Å². The van der Waals surface area contributed by atoms with Gasteiger partial charge in [-0.2, -0.15) is 0 Å². The highest BCUT2D eigenvalue weighted by Crippen LogP contribution is 2.18. The van der Waals surface area contributed by atoms with Gasteiger partial charge in [0.2, 0.25) is 0 Å². The number of nitrogens with one attached hydrogen (secondary N) is 1. The average molecular weight is 241 g/mol. The Labute approximate surface area is 99.7 Å². The SMILES string of the molecule is CCOc1ccc(CNCC(=O)OC)cc1F. The van der Waals surface area contributed by atoms with Crippen molar-refractivity contribution < 1.29 is 18.7 Å². The molecule has 1 aromatic rings. The molecule has 0 heterocycles. The van der Waals surface area contributed by atoms with Crippen LogP contribution in [0.2, 0.25) is 0 Å². The van der Waals surface area contributed by atoms with Gasteiger partial charge in [0, 0.05) is 6.54 Å². The third-order valence-electron chi connectivity index (χ3n) is 2.12. The zero-order valence-electron chi connectivity index (χ0n) is 9.96. The van der Waals surface area contributed by atoms with E-state index < -0.39 is 5.82 Å². The van der Waals surface area contributed by atoms with E-state index in [4.69, 9.17) is 4.74 Å². The Kier molecular flexibility index (Phi) is 5.42. The first kappa shape index (κ1) is 13.4. The van der Waals surface area contributed by atoms with Gasteiger partial charge in [-0.3, -0.25) is 4.79 Å². The maximum atomic E-state index is 13.4. The quantitative estimate of drug-likeness (QED) is 0.766. The van der Waals surface area contributed by atoms with Gasteiger partial charge in [-0.1, -0.05) is 6.07 Å². The summed E-state index contributed by atoms with van der Waals surface area (Å²) in [6.45, 7) is 2.73. The Balaban J connectivity index is 2.50. The van der Waals surface area contributed by atoms with E-state index in [1.54, 1.807) is 19.1 Å². The predicted molar refractivity (Wildman–Crippen MR) is 61.3 cm³/mol. The van der Waals surface area contributed by atoms with Crippen LogP contribution < -0.4 is 10.1 Å². The molecule has 0 fully saturated rings. The normalized spacial score (nSPS) is 10.1. The number of esters is 1. The molecular formula is C12H16FNO3. The molecule has 0 amide bonds. The molecule has 4 nitrogen and oxygen atoms in total. The molecule has 1 N–H and O–H groups in total. The maximum absolute atomic E-state index is 13.4. The van der Waals surface area contributed by atoms with E-state index in [0.29, 0.717) is 13.2 Å². The summed E-state index contributed by atoms with van der Waals surface area (Å²) in [5, 5.41) is 2.85. The molecule has 0 atom stereocenters. The van der Waals surface area contributed by atoms with Gasteiger partial charge in [-0.15, -0.1) is 0 Å². The Hall–Kier alpha value is -1.62. The molecule has 0 bridgehead atoms. The summed E-state index contributed by atoms with van der Waals surface area (Å²) >= 11 is 0. The fraction of sp³-hybridized carbons (Fsp3) is 0.417. The van der Waals surface area contributed by atoms with Crippen LogP contribution in [0.25, 0.3) is 0 Å². The Morgan fingerprint density at radius 1 is 1.47 bits per heavy atom. The maximum Gasteiger partial charge on any atom is 0.319 e. The second-order valence-electron chi connectivity index (χ2n) is 3.38. The Morgan fingerprint density at radius 3 is 2.82 bits per heavy atom. The summed E-state index contributed by atoms with van der Waals surface area (Å²) < 4.78 is 23.0. The van der Waals surface area contributed by atoms with Gasteiger partial charge < -0.3 is 14.8 Å². The first-order chi connectivity index (χ1) is 8.17. The fourth-order valence-electron chi connectivity index (χ4n) is 1.31. The lowest BCUT2D eigenvalue weighted by Crippen LogP contribution is -2.23. The van der Waals surface area contributed by atoms with Crippen LogP contribution in [0, 0.1) is 5.82 Å². The molecule has 0 aliphatic heterocycles. The van der Waals surface area contributed by atoms with E-state index >= 15 is 0 Å². The molecule has 0 unspecified atom stereocenters. The first-order valence-electron chi connectivity index (χ1n) is 5.36. The number of methoxy groups -OCH3 is 1. The van der Waals surface area contributed by atoms with Gasteiger partial charge in [0.1, 0.15) is 0 Å². The lowest BCUT2D eigenvalue weighted by atomic mass is 10.2. The smallest absolute Gasteiger partial charge is 0.319 e. The summed E-state index contributed by atoms with van der Waals surface area (Å²) in [7, 11) is 1.32. The topological polar surface area (TPSA) is 47.6 Å². The summed E-state index contributed by atoms with van der Waals surface area (Å²) in [6, 6.07) is 4.71. The highest BCUT2D eigenvalue weighted by molar-refractivity contribution is 5.71. The van der Waals surface area contributed by atoms with Crippen molar-refractivity contribution in [3.8, 4) is 5.75 Å². The molecule has 17 heavy (non-hydrogen) atoms. The molecule has 5 heteroatoms. The van der Waals surface area contributed by atoms with Crippen LogP contribution in [0.3, 0.4) is 0 Å². The number of carbonyl (C=O) groups excluding carboxylic acids is 1. The number of halogens is 1. The lowest BCUT2D eigenvalue weighted by Gasteiger charge is -2.07. The largest absolute Gasteiger partial charge is 0.491 e. The second kappa shape index (κ2) is 6.85. The van der Waals surface area contributed by atoms with Crippen LogP contribution in [0.5, 0.6) is 5.75 Å². The standard InChI is InChI=1S/C12H16FNO3/c1-3-17-11-5-4-9(6-10(11)13)7-14-8-12(15)16-2/h4-6,14H,3,7-8H2,1-2H3. The molecule has 0 radical (unpaired) electrons. The zero-order valence-corrected chi connectivity index (χ0v) is 9.96. The molecule has 0 saturated carbocycles. The van der Waals surface area contributed by atoms with Crippen LogP contribution in [0.15, 0.2) is 18.2 Å². The second-order valence-corrected chi connectivity index (χ2v) is 3.38. The Bertz CT molecular complexity index is 382. The van der Waals surface area contributed by atoms with Gasteiger partial charge in [-0.05, 0) is 24.6 Å². The van der Waals surface area contributed by atoms with Crippen LogP contribution >= 0.6 is 0 Å². The van der Waals surface area contributed by atoms with E-state index in [2.05, 4.69) is 10.1 Å². The van der Waals surface area contributed by atoms with Crippen molar-refractivity contribution in [1.29, 1.82) is 0 Å². The minimum atomic E-state index is -0.399. The number of hydrogen-bond donors (Lipinski definition) is 1. The van der Waals surface area contributed by atoms with Crippen molar-refractivity contribution in [3.63, 3.8) is 0 Å². The summed E-state index contributed by atoms with van der Waals surface area (Å²) in [5.41, 5.74) is 0.745. The molecule has 0 saturated heterocycles. The van der Waals surface area contributed by atoms with E-state index in [9.17, 15) is 9.18 Å². The monoisotopic (exact) mass is 241 g/mol. The molecule has 0 spiro atoms. The minimum absolute atomic E-state index is 0.103. The number of hydrogen-bond acceptors (Lipinski definition) is 4. The van der Waals surface area contributed by atoms with E-state index in [-0.39, 0.29) is 18.3 Å². The van der Waals surface area contributed by atoms with Gasteiger partial charge in [0.25, 0.3) is 0 Å². The summed E-state index contributed by atoms with van der Waals surface area (Å²) in [6.07, 6.45) is 0. The van der Waals surface area contributed by atoms with Crippen LogP contribution in [-0.2, 0) is 16.1 Å². The number of rotatable bonds is 6.